The van der Waals surface area contributed by atoms with Crippen molar-refractivity contribution in [2.75, 3.05) is 0 Å². The molecule has 21 heavy (non-hydrogen) atoms. The number of nitrogens with zero attached hydrogens (tertiary/aromatic N) is 1. The Morgan fingerprint density at radius 3 is 2.71 bits per heavy atom. The minimum atomic E-state index is -3.15. The molecule has 1 aromatic carbocycles. The molecule has 2 N–H and O–H groups in total. The summed E-state index contributed by atoms with van der Waals surface area (Å²) in [5, 5.41) is -0.176. The maximum Gasteiger partial charge on any atom is 0.181 e. The highest BCUT2D eigenvalue weighted by molar-refractivity contribution is 7.92. The van der Waals surface area contributed by atoms with Gasteiger partial charge in [0.05, 0.1) is 10.1 Å². The first-order valence-corrected chi connectivity index (χ1v) is 8.89. The van der Waals surface area contributed by atoms with Gasteiger partial charge in [-0.05, 0) is 49.0 Å². The Morgan fingerprint density at radius 2 is 2.00 bits per heavy atom. The SMILES string of the molecule is CC1CCC(c2cccc(S(=O)(=O)C3CC3)c2)=CN=C1N. The molecule has 4 nitrogen and oxygen atoms in total. The van der Waals surface area contributed by atoms with Gasteiger partial charge in [-0.3, -0.25) is 0 Å². The summed E-state index contributed by atoms with van der Waals surface area (Å²) in [6, 6.07) is 7.22. The average Bonchev–Trinajstić information content (AvgIpc) is 3.31. The predicted molar refractivity (Wildman–Crippen MR) is 84.6 cm³/mol. The fourth-order valence-corrected chi connectivity index (χ4v) is 4.23. The van der Waals surface area contributed by atoms with Crippen molar-refractivity contribution in [3.8, 4) is 0 Å². The van der Waals surface area contributed by atoms with E-state index in [-0.39, 0.29) is 11.2 Å². The van der Waals surface area contributed by atoms with Crippen molar-refractivity contribution in [3.05, 3.63) is 36.0 Å². The van der Waals surface area contributed by atoms with Gasteiger partial charge < -0.3 is 5.73 Å². The Labute approximate surface area is 125 Å². The van der Waals surface area contributed by atoms with E-state index in [0.717, 1.165) is 36.8 Å². The Morgan fingerprint density at radius 1 is 1.24 bits per heavy atom. The number of sulfone groups is 1. The first-order chi connectivity index (χ1) is 9.98. The molecular formula is C16H20N2O2S. The molecule has 1 aliphatic carbocycles. The second kappa shape index (κ2) is 5.30. The van der Waals surface area contributed by atoms with Crippen molar-refractivity contribution in [2.24, 2.45) is 16.6 Å². The number of amidine groups is 1. The third-order valence-corrected chi connectivity index (χ3v) is 6.48. The Kier molecular flexibility index (Phi) is 3.61. The monoisotopic (exact) mass is 304 g/mol. The fraction of sp³-hybridized carbons (Fsp3) is 0.438. The first-order valence-electron chi connectivity index (χ1n) is 7.35. The summed E-state index contributed by atoms with van der Waals surface area (Å²) >= 11 is 0. The number of aliphatic imine (C=N–C) groups is 1. The lowest BCUT2D eigenvalue weighted by Crippen LogP contribution is -2.19. The molecule has 0 spiro atoms. The number of benzene rings is 1. The van der Waals surface area contributed by atoms with E-state index in [9.17, 15) is 8.42 Å². The van der Waals surface area contributed by atoms with Gasteiger partial charge in [0, 0.05) is 12.1 Å². The molecule has 1 saturated carbocycles. The molecule has 0 bridgehead atoms. The van der Waals surface area contributed by atoms with Crippen molar-refractivity contribution < 1.29 is 8.42 Å². The van der Waals surface area contributed by atoms with Gasteiger partial charge in [0.15, 0.2) is 9.84 Å². The molecule has 5 heteroatoms. The summed E-state index contributed by atoms with van der Waals surface area (Å²) in [6.07, 6.45) is 5.14. The molecule has 112 valence electrons. The number of nitrogens with two attached hydrogens (primary N) is 1. The third kappa shape index (κ3) is 2.88. The Balaban J connectivity index is 1.94. The molecule has 1 aliphatic heterocycles. The zero-order chi connectivity index (χ0) is 15.0. The molecule has 1 unspecified atom stereocenters. The lowest BCUT2D eigenvalue weighted by molar-refractivity contribution is 0.595. The van der Waals surface area contributed by atoms with Crippen LogP contribution in [0.5, 0.6) is 0 Å². The number of allylic oxidation sites excluding steroid dienone is 1. The van der Waals surface area contributed by atoms with Crippen molar-refractivity contribution in [2.45, 2.75) is 42.8 Å². The quantitative estimate of drug-likeness (QED) is 0.933. The van der Waals surface area contributed by atoms with E-state index in [2.05, 4.69) is 11.9 Å². The van der Waals surface area contributed by atoms with Gasteiger partial charge in [-0.2, -0.15) is 0 Å². The summed E-state index contributed by atoms with van der Waals surface area (Å²) in [4.78, 5) is 4.71. The van der Waals surface area contributed by atoms with Crippen LogP contribution in [0.15, 0.2) is 40.4 Å². The van der Waals surface area contributed by atoms with Gasteiger partial charge in [-0.15, -0.1) is 0 Å². The topological polar surface area (TPSA) is 72.5 Å². The number of hydrogen-bond acceptors (Lipinski definition) is 4. The van der Waals surface area contributed by atoms with Gasteiger partial charge >= 0.3 is 0 Å². The van der Waals surface area contributed by atoms with Crippen LogP contribution in [0.3, 0.4) is 0 Å². The van der Waals surface area contributed by atoms with Crippen molar-refractivity contribution in [3.63, 3.8) is 0 Å². The summed E-state index contributed by atoms with van der Waals surface area (Å²) in [5.74, 6) is 0.906. The van der Waals surface area contributed by atoms with Crippen molar-refractivity contribution in [1.82, 2.24) is 0 Å². The third-order valence-electron chi connectivity index (χ3n) is 4.22. The molecule has 3 rings (SSSR count). The molecule has 1 fully saturated rings. The van der Waals surface area contributed by atoms with Gasteiger partial charge in [-0.25, -0.2) is 13.4 Å². The van der Waals surface area contributed by atoms with Crippen LogP contribution in [0.25, 0.3) is 5.57 Å². The molecule has 0 radical (unpaired) electrons. The second-order valence-electron chi connectivity index (χ2n) is 5.92. The van der Waals surface area contributed by atoms with E-state index in [1.807, 2.05) is 12.1 Å². The van der Waals surface area contributed by atoms with Crippen LogP contribution in [0.1, 0.15) is 38.2 Å². The van der Waals surface area contributed by atoms with Gasteiger partial charge in [0.25, 0.3) is 0 Å². The average molecular weight is 304 g/mol. The first kappa shape index (κ1) is 14.3. The zero-order valence-corrected chi connectivity index (χ0v) is 12.9. The van der Waals surface area contributed by atoms with Crippen LogP contribution in [0.2, 0.25) is 0 Å². The highest BCUT2D eigenvalue weighted by atomic mass is 32.2. The molecular weight excluding hydrogens is 284 g/mol. The van der Waals surface area contributed by atoms with Crippen LogP contribution in [0, 0.1) is 5.92 Å². The normalized spacial score (nSPS) is 23.2. The Hall–Kier alpha value is -1.62. The van der Waals surface area contributed by atoms with E-state index >= 15 is 0 Å². The van der Waals surface area contributed by atoms with E-state index < -0.39 is 9.84 Å². The van der Waals surface area contributed by atoms with Gasteiger partial charge in [0.2, 0.25) is 0 Å². The van der Waals surface area contributed by atoms with Crippen LogP contribution in [-0.4, -0.2) is 19.5 Å². The number of hydrogen-bond donors (Lipinski definition) is 1. The van der Waals surface area contributed by atoms with Crippen molar-refractivity contribution >= 4 is 21.2 Å². The summed E-state index contributed by atoms with van der Waals surface area (Å²) < 4.78 is 24.7. The second-order valence-corrected chi connectivity index (χ2v) is 8.15. The van der Waals surface area contributed by atoms with Crippen molar-refractivity contribution in [1.29, 1.82) is 0 Å². The smallest absolute Gasteiger partial charge is 0.181 e. The van der Waals surface area contributed by atoms with E-state index in [1.165, 1.54) is 0 Å². The standard InChI is InChI=1S/C16H20N2O2S/c1-11-5-6-13(10-18-16(11)17)12-3-2-4-15(9-12)21(19,20)14-7-8-14/h2-4,9-11,14H,5-8H2,1H3,(H2,17,18). The number of rotatable bonds is 3. The summed E-state index contributed by atoms with van der Waals surface area (Å²) in [5.41, 5.74) is 7.86. The van der Waals surface area contributed by atoms with E-state index in [1.54, 1.807) is 18.3 Å². The van der Waals surface area contributed by atoms with Gasteiger partial charge in [-0.1, -0.05) is 19.1 Å². The summed E-state index contributed by atoms with van der Waals surface area (Å²) in [6.45, 7) is 2.06. The zero-order valence-electron chi connectivity index (χ0n) is 12.1. The Bertz CT molecular complexity index is 716. The lowest BCUT2D eigenvalue weighted by atomic mass is 9.97. The van der Waals surface area contributed by atoms with Crippen LogP contribution < -0.4 is 5.73 Å². The minimum absolute atomic E-state index is 0.176. The van der Waals surface area contributed by atoms with Gasteiger partial charge in [0.1, 0.15) is 5.84 Å². The molecule has 1 atom stereocenters. The largest absolute Gasteiger partial charge is 0.387 e. The highest BCUT2D eigenvalue weighted by Gasteiger charge is 2.36. The predicted octanol–water partition coefficient (Wildman–Crippen LogP) is 2.75. The molecule has 0 aromatic heterocycles. The minimum Gasteiger partial charge on any atom is -0.387 e. The molecule has 1 aromatic rings. The van der Waals surface area contributed by atoms with Crippen LogP contribution in [-0.2, 0) is 9.84 Å². The van der Waals surface area contributed by atoms with Crippen LogP contribution >= 0.6 is 0 Å². The molecule has 0 amide bonds. The lowest BCUT2D eigenvalue weighted by Gasteiger charge is -2.10. The molecule has 2 aliphatic rings. The maximum atomic E-state index is 12.3. The molecule has 0 saturated heterocycles. The fourth-order valence-electron chi connectivity index (χ4n) is 2.53. The maximum absolute atomic E-state index is 12.3. The highest BCUT2D eigenvalue weighted by Crippen LogP contribution is 2.35. The van der Waals surface area contributed by atoms with E-state index in [4.69, 9.17) is 5.73 Å². The van der Waals surface area contributed by atoms with Crippen LogP contribution in [0.4, 0.5) is 0 Å². The summed E-state index contributed by atoms with van der Waals surface area (Å²) in [7, 11) is -3.15. The molecule has 1 heterocycles. The van der Waals surface area contributed by atoms with E-state index in [0.29, 0.717) is 10.7 Å².